The Labute approximate surface area is 181 Å². The SMILES string of the molecule is C[CH2][Ge]([CH2]C)([CH2]C)[CH2]CCn1c(=O)[nH]c(=O)n(CC[CH2][Ge]([CH2]C)([CH2]C)[CH2]C)c1=O. The third-order valence-electron chi connectivity index (χ3n) is 7.84. The summed E-state index contributed by atoms with van der Waals surface area (Å²) in [4.78, 5) is 39.8. The Morgan fingerprint density at radius 2 is 0.931 bits per heavy atom. The Balaban J connectivity index is 2.94. The normalized spacial score (nSPS) is 12.5. The van der Waals surface area contributed by atoms with Gasteiger partial charge in [-0.05, 0) is 0 Å². The Kier molecular flexibility index (Phi) is 11.3. The molecule has 0 aliphatic rings. The summed E-state index contributed by atoms with van der Waals surface area (Å²) < 4.78 is 2.51. The first kappa shape index (κ1) is 26.5. The second-order valence-corrected chi connectivity index (χ2v) is 32.2. The molecule has 0 saturated heterocycles. The van der Waals surface area contributed by atoms with Crippen LogP contribution in [0.3, 0.4) is 0 Å². The minimum absolute atomic E-state index is 0.419. The van der Waals surface area contributed by atoms with Crippen molar-refractivity contribution in [2.45, 2.75) is 110 Å². The third-order valence-corrected chi connectivity index (χ3v) is 32.7. The van der Waals surface area contributed by atoms with Gasteiger partial charge in [-0.1, -0.05) is 0 Å². The van der Waals surface area contributed by atoms with Gasteiger partial charge in [0.25, 0.3) is 0 Å². The standard InChI is InChI=1S/C21H43Ge2N3O3/c1-7-22(8-2,9-3)15-13-17-25-19(27)24-20(28)26(21(25)29)18-14-16-23(10-4,11-5)12-6/h7-18H2,1-6H3,(H,24,27,28). The number of nitrogens with one attached hydrogen (secondary N) is 1. The molecule has 1 aromatic rings. The van der Waals surface area contributed by atoms with Crippen LogP contribution in [0.15, 0.2) is 14.4 Å². The molecule has 1 N–H and O–H groups in total. The van der Waals surface area contributed by atoms with Crippen molar-refractivity contribution in [2.24, 2.45) is 0 Å². The van der Waals surface area contributed by atoms with Crippen LogP contribution in [0.25, 0.3) is 0 Å². The van der Waals surface area contributed by atoms with Gasteiger partial charge in [0.2, 0.25) is 0 Å². The number of hydrogen-bond donors (Lipinski definition) is 1. The first-order chi connectivity index (χ1) is 13.8. The number of nitrogens with zero attached hydrogens (tertiary/aromatic N) is 2. The van der Waals surface area contributed by atoms with E-state index in [4.69, 9.17) is 0 Å². The fraction of sp³-hybridized carbons (Fsp3) is 0.857. The Morgan fingerprint density at radius 1 is 0.621 bits per heavy atom. The second-order valence-electron chi connectivity index (χ2n) is 8.65. The predicted molar refractivity (Wildman–Crippen MR) is 129 cm³/mol. The van der Waals surface area contributed by atoms with Crippen molar-refractivity contribution >= 4 is 26.5 Å². The first-order valence-electron chi connectivity index (χ1n) is 11.7. The zero-order chi connectivity index (χ0) is 22.1. The summed E-state index contributed by atoms with van der Waals surface area (Å²) in [5.41, 5.74) is -1.54. The van der Waals surface area contributed by atoms with Crippen LogP contribution in [0.1, 0.15) is 54.4 Å². The van der Waals surface area contributed by atoms with E-state index >= 15 is 0 Å². The number of H-pyrrole nitrogens is 1. The van der Waals surface area contributed by atoms with Crippen LogP contribution in [0.2, 0.25) is 42.0 Å². The average molecular weight is 531 g/mol. The molecule has 0 aliphatic heterocycles. The molecule has 168 valence electrons. The van der Waals surface area contributed by atoms with Crippen molar-refractivity contribution < 1.29 is 0 Å². The summed E-state index contributed by atoms with van der Waals surface area (Å²) in [5.74, 6) is 0. The molecule has 0 bridgehead atoms. The van der Waals surface area contributed by atoms with Gasteiger partial charge in [-0.3, -0.25) is 0 Å². The fourth-order valence-corrected chi connectivity index (χ4v) is 19.3. The van der Waals surface area contributed by atoms with Crippen LogP contribution < -0.4 is 17.1 Å². The molecule has 1 heterocycles. The van der Waals surface area contributed by atoms with Crippen LogP contribution in [0.5, 0.6) is 0 Å². The molecule has 0 aromatic carbocycles. The maximum atomic E-state index is 12.9. The molecule has 0 saturated carbocycles. The van der Waals surface area contributed by atoms with E-state index in [0.29, 0.717) is 13.1 Å². The molecule has 6 nitrogen and oxygen atoms in total. The summed E-state index contributed by atoms with van der Waals surface area (Å²) in [7, 11) is 0. The number of aromatic amines is 1. The van der Waals surface area contributed by atoms with E-state index in [1.54, 1.807) is 0 Å². The summed E-state index contributed by atoms with van der Waals surface area (Å²) in [5, 5.41) is 10.1. The van der Waals surface area contributed by atoms with E-state index in [9.17, 15) is 14.4 Å². The van der Waals surface area contributed by atoms with Gasteiger partial charge in [0.1, 0.15) is 0 Å². The molecule has 0 unspecified atom stereocenters. The van der Waals surface area contributed by atoms with Gasteiger partial charge in [0.15, 0.2) is 0 Å². The van der Waals surface area contributed by atoms with Crippen LogP contribution >= 0.6 is 0 Å². The van der Waals surface area contributed by atoms with Crippen molar-refractivity contribution in [1.82, 2.24) is 14.1 Å². The third kappa shape index (κ3) is 6.74. The van der Waals surface area contributed by atoms with Crippen LogP contribution in [-0.2, 0) is 13.1 Å². The van der Waals surface area contributed by atoms with Crippen LogP contribution in [0.4, 0.5) is 0 Å². The van der Waals surface area contributed by atoms with Crippen molar-refractivity contribution in [3.63, 3.8) is 0 Å². The Bertz CT molecular complexity index is 712. The molecule has 1 aromatic heterocycles. The van der Waals surface area contributed by atoms with Gasteiger partial charge in [-0.15, -0.1) is 0 Å². The van der Waals surface area contributed by atoms with E-state index in [2.05, 4.69) is 46.5 Å². The molecule has 0 amide bonds. The number of rotatable bonds is 14. The molecule has 0 fully saturated rings. The maximum absolute atomic E-state index is 12.9. The van der Waals surface area contributed by atoms with E-state index < -0.39 is 43.6 Å². The van der Waals surface area contributed by atoms with E-state index in [-0.39, 0.29) is 0 Å². The van der Waals surface area contributed by atoms with E-state index in [1.807, 2.05) is 0 Å². The van der Waals surface area contributed by atoms with Crippen molar-refractivity contribution in [3.05, 3.63) is 31.5 Å². The zero-order valence-corrected chi connectivity index (χ0v) is 23.8. The van der Waals surface area contributed by atoms with E-state index in [1.165, 1.54) is 51.2 Å². The minimum atomic E-state index is -1.82. The number of hydrogen-bond acceptors (Lipinski definition) is 3. The van der Waals surface area contributed by atoms with E-state index in [0.717, 1.165) is 12.8 Å². The summed E-state index contributed by atoms with van der Waals surface area (Å²) in [6.45, 7) is 14.6. The quantitative estimate of drug-likeness (QED) is 0.360. The molecule has 1 rings (SSSR count). The topological polar surface area (TPSA) is 76.9 Å². The fourth-order valence-electron chi connectivity index (χ4n) is 4.73. The van der Waals surface area contributed by atoms with Crippen molar-refractivity contribution in [1.29, 1.82) is 0 Å². The molecule has 0 radical (unpaired) electrons. The average Bonchev–Trinajstić information content (AvgIpc) is 2.73. The Hall–Kier alpha value is -0.504. The number of aromatic nitrogens is 3. The molecular formula is C21H43Ge2N3O3. The molecule has 0 spiro atoms. The van der Waals surface area contributed by atoms with Gasteiger partial charge in [0, 0.05) is 0 Å². The molecule has 8 heteroatoms. The van der Waals surface area contributed by atoms with Gasteiger partial charge >= 0.3 is 182 Å². The second kappa shape index (κ2) is 12.4. The van der Waals surface area contributed by atoms with Crippen molar-refractivity contribution in [3.8, 4) is 0 Å². The van der Waals surface area contributed by atoms with Crippen LogP contribution in [0, 0.1) is 0 Å². The summed E-state index contributed by atoms with van der Waals surface area (Å²) in [6.07, 6.45) is 1.72. The van der Waals surface area contributed by atoms with Gasteiger partial charge in [0.05, 0.1) is 0 Å². The molecular weight excluding hydrogens is 487 g/mol. The molecule has 0 atom stereocenters. The van der Waals surface area contributed by atoms with Crippen LogP contribution in [-0.4, -0.2) is 40.7 Å². The summed E-state index contributed by atoms with van der Waals surface area (Å²) in [6, 6.07) is 0. The molecule has 0 aliphatic carbocycles. The molecule has 29 heavy (non-hydrogen) atoms. The first-order valence-corrected chi connectivity index (χ1v) is 23.6. The monoisotopic (exact) mass is 533 g/mol. The van der Waals surface area contributed by atoms with Gasteiger partial charge in [-0.25, -0.2) is 0 Å². The summed E-state index contributed by atoms with van der Waals surface area (Å²) >= 11 is -3.64. The van der Waals surface area contributed by atoms with Gasteiger partial charge < -0.3 is 0 Å². The van der Waals surface area contributed by atoms with Crippen molar-refractivity contribution in [2.75, 3.05) is 0 Å². The predicted octanol–water partition coefficient (Wildman–Crippen LogP) is 4.50. The van der Waals surface area contributed by atoms with Gasteiger partial charge in [-0.2, -0.15) is 0 Å². The Morgan fingerprint density at radius 3 is 1.21 bits per heavy atom. The zero-order valence-electron chi connectivity index (χ0n) is 19.6.